The van der Waals surface area contributed by atoms with E-state index in [1.54, 1.807) is 6.92 Å². The first-order valence-electron chi connectivity index (χ1n) is 6.98. The van der Waals surface area contributed by atoms with Crippen molar-refractivity contribution >= 4 is 17.8 Å². The number of hydrogen-bond acceptors (Lipinski definition) is 4. The lowest BCUT2D eigenvalue weighted by Crippen LogP contribution is -2.46. The minimum absolute atomic E-state index is 0.0945. The van der Waals surface area contributed by atoms with Crippen molar-refractivity contribution in [1.82, 2.24) is 5.32 Å². The zero-order chi connectivity index (χ0) is 17.6. The van der Waals surface area contributed by atoms with E-state index in [1.807, 2.05) is 0 Å². The van der Waals surface area contributed by atoms with Crippen molar-refractivity contribution in [2.75, 3.05) is 6.61 Å². The maximum Gasteiger partial charge on any atom is 0.308 e. The molecule has 2 amide bonds. The molecular weight excluding hydrogens is 310 g/mol. The van der Waals surface area contributed by atoms with Crippen molar-refractivity contribution in [1.29, 1.82) is 0 Å². The van der Waals surface area contributed by atoms with Crippen LogP contribution in [0.25, 0.3) is 0 Å². The molecule has 0 unspecified atom stereocenters. The standard InChI is InChI=1S/C15H18F2N2O4/c1-3-23-15(22)8(2)6-12(13(18)20)19-14(21)10-5-4-9(16)7-11(10)17/h4-5,7-8,12H,3,6H2,1-2H3,(H2,18,20)(H,19,21)/t8-,12-/m0/s1. The number of benzene rings is 1. The quantitative estimate of drug-likeness (QED) is 0.733. The van der Waals surface area contributed by atoms with Gasteiger partial charge in [-0.2, -0.15) is 0 Å². The molecule has 0 aliphatic heterocycles. The molecule has 126 valence electrons. The molecule has 0 heterocycles. The minimum Gasteiger partial charge on any atom is -0.466 e. The Balaban J connectivity index is 2.81. The van der Waals surface area contributed by atoms with Gasteiger partial charge in [-0.15, -0.1) is 0 Å². The number of carbonyl (C=O) groups is 3. The molecule has 23 heavy (non-hydrogen) atoms. The molecule has 0 spiro atoms. The van der Waals surface area contributed by atoms with Crippen LogP contribution in [0.5, 0.6) is 0 Å². The van der Waals surface area contributed by atoms with Crippen LogP contribution in [0.1, 0.15) is 30.6 Å². The van der Waals surface area contributed by atoms with Gasteiger partial charge in [0.2, 0.25) is 5.91 Å². The molecule has 1 rings (SSSR count). The van der Waals surface area contributed by atoms with Crippen LogP contribution in [-0.4, -0.2) is 30.4 Å². The van der Waals surface area contributed by atoms with Crippen LogP contribution >= 0.6 is 0 Å². The molecule has 8 heteroatoms. The number of halogens is 2. The summed E-state index contributed by atoms with van der Waals surface area (Å²) < 4.78 is 31.2. The van der Waals surface area contributed by atoms with E-state index >= 15 is 0 Å². The molecule has 0 radical (unpaired) electrons. The van der Waals surface area contributed by atoms with E-state index < -0.39 is 46.9 Å². The highest BCUT2D eigenvalue weighted by Gasteiger charge is 2.26. The molecule has 3 N–H and O–H groups in total. The van der Waals surface area contributed by atoms with Crippen LogP contribution in [0.15, 0.2) is 18.2 Å². The third-order valence-corrected chi connectivity index (χ3v) is 3.10. The molecule has 0 aliphatic rings. The highest BCUT2D eigenvalue weighted by molar-refractivity contribution is 5.97. The number of amides is 2. The van der Waals surface area contributed by atoms with E-state index in [2.05, 4.69) is 5.32 Å². The third-order valence-electron chi connectivity index (χ3n) is 3.10. The summed E-state index contributed by atoms with van der Waals surface area (Å²) in [6.45, 7) is 3.32. The van der Waals surface area contributed by atoms with Crippen molar-refractivity contribution in [3.8, 4) is 0 Å². The van der Waals surface area contributed by atoms with Crippen LogP contribution in [0, 0.1) is 17.6 Å². The predicted molar refractivity (Wildman–Crippen MR) is 77.2 cm³/mol. The number of nitrogens with two attached hydrogens (primary N) is 1. The molecule has 6 nitrogen and oxygen atoms in total. The Kier molecular flexibility index (Phi) is 6.62. The Labute approximate surface area is 132 Å². The Morgan fingerprint density at radius 3 is 2.48 bits per heavy atom. The molecule has 0 fully saturated rings. The first kappa shape index (κ1) is 18.5. The largest absolute Gasteiger partial charge is 0.466 e. The fraction of sp³-hybridized carbons (Fsp3) is 0.400. The number of primary amides is 1. The number of rotatable bonds is 7. The second kappa shape index (κ2) is 8.21. The maximum atomic E-state index is 13.6. The number of carbonyl (C=O) groups excluding carboxylic acids is 3. The zero-order valence-electron chi connectivity index (χ0n) is 12.8. The van der Waals surface area contributed by atoms with Gasteiger partial charge in [-0.25, -0.2) is 8.78 Å². The van der Waals surface area contributed by atoms with Gasteiger partial charge in [0.05, 0.1) is 18.1 Å². The summed E-state index contributed by atoms with van der Waals surface area (Å²) in [5.74, 6) is -4.93. The lowest BCUT2D eigenvalue weighted by atomic mass is 10.0. The minimum atomic E-state index is -1.19. The van der Waals surface area contributed by atoms with E-state index in [1.165, 1.54) is 6.92 Å². The molecular formula is C15H18F2N2O4. The smallest absolute Gasteiger partial charge is 0.308 e. The van der Waals surface area contributed by atoms with Gasteiger partial charge in [0, 0.05) is 6.07 Å². The summed E-state index contributed by atoms with van der Waals surface area (Å²) in [5, 5.41) is 2.24. The first-order valence-corrected chi connectivity index (χ1v) is 6.98. The van der Waals surface area contributed by atoms with Crippen LogP contribution in [0.2, 0.25) is 0 Å². The third kappa shape index (κ3) is 5.32. The van der Waals surface area contributed by atoms with Gasteiger partial charge in [-0.05, 0) is 25.5 Å². The van der Waals surface area contributed by atoms with Crippen molar-refractivity contribution in [2.24, 2.45) is 11.7 Å². The molecule has 1 aromatic carbocycles. The van der Waals surface area contributed by atoms with Gasteiger partial charge in [0.25, 0.3) is 5.91 Å². The zero-order valence-corrected chi connectivity index (χ0v) is 12.8. The van der Waals surface area contributed by atoms with Gasteiger partial charge in [0.15, 0.2) is 0 Å². The van der Waals surface area contributed by atoms with E-state index in [-0.39, 0.29) is 13.0 Å². The van der Waals surface area contributed by atoms with Crippen molar-refractivity contribution in [2.45, 2.75) is 26.3 Å². The Morgan fingerprint density at radius 2 is 1.96 bits per heavy atom. The number of hydrogen-bond donors (Lipinski definition) is 2. The molecule has 0 saturated heterocycles. The highest BCUT2D eigenvalue weighted by Crippen LogP contribution is 2.12. The lowest BCUT2D eigenvalue weighted by Gasteiger charge is -2.19. The van der Waals surface area contributed by atoms with E-state index in [4.69, 9.17) is 10.5 Å². The van der Waals surface area contributed by atoms with Gasteiger partial charge in [-0.3, -0.25) is 14.4 Å². The van der Waals surface area contributed by atoms with E-state index in [9.17, 15) is 23.2 Å². The Morgan fingerprint density at radius 1 is 1.30 bits per heavy atom. The lowest BCUT2D eigenvalue weighted by molar-refractivity contribution is -0.147. The molecule has 2 atom stereocenters. The van der Waals surface area contributed by atoms with Crippen LogP contribution in [-0.2, 0) is 14.3 Å². The summed E-state index contributed by atoms with van der Waals surface area (Å²) in [6, 6.07) is 1.23. The SMILES string of the molecule is CCOC(=O)[C@@H](C)C[C@H](NC(=O)c1ccc(F)cc1F)C(N)=O. The Hall–Kier alpha value is -2.51. The van der Waals surface area contributed by atoms with Crippen LogP contribution in [0.4, 0.5) is 8.78 Å². The molecule has 1 aromatic rings. The summed E-state index contributed by atoms with van der Waals surface area (Å²) in [5.41, 5.74) is 4.76. The second-order valence-corrected chi connectivity index (χ2v) is 4.94. The summed E-state index contributed by atoms with van der Waals surface area (Å²) >= 11 is 0. The number of esters is 1. The predicted octanol–water partition coefficient (Wildman–Crippen LogP) is 1.14. The average molecular weight is 328 g/mol. The van der Waals surface area contributed by atoms with Crippen molar-refractivity contribution < 1.29 is 27.9 Å². The highest BCUT2D eigenvalue weighted by atomic mass is 19.1. The molecule has 0 bridgehead atoms. The molecule has 0 saturated carbocycles. The maximum absolute atomic E-state index is 13.6. The normalized spacial score (nSPS) is 13.0. The summed E-state index contributed by atoms with van der Waals surface area (Å²) in [6.07, 6.45) is -0.0945. The number of nitrogens with one attached hydrogen (secondary N) is 1. The van der Waals surface area contributed by atoms with Gasteiger partial charge >= 0.3 is 5.97 Å². The van der Waals surface area contributed by atoms with E-state index in [0.29, 0.717) is 6.07 Å². The van der Waals surface area contributed by atoms with Crippen LogP contribution < -0.4 is 11.1 Å². The topological polar surface area (TPSA) is 98.5 Å². The molecule has 0 aromatic heterocycles. The van der Waals surface area contributed by atoms with Gasteiger partial charge in [0.1, 0.15) is 17.7 Å². The Bertz CT molecular complexity index is 607. The summed E-state index contributed by atoms with van der Waals surface area (Å²) in [7, 11) is 0. The van der Waals surface area contributed by atoms with Crippen molar-refractivity contribution in [3.63, 3.8) is 0 Å². The average Bonchev–Trinajstić information content (AvgIpc) is 2.46. The van der Waals surface area contributed by atoms with Gasteiger partial charge < -0.3 is 15.8 Å². The fourth-order valence-electron chi connectivity index (χ4n) is 1.89. The van der Waals surface area contributed by atoms with Crippen LogP contribution in [0.3, 0.4) is 0 Å². The van der Waals surface area contributed by atoms with E-state index in [0.717, 1.165) is 12.1 Å². The second-order valence-electron chi connectivity index (χ2n) is 4.94. The summed E-state index contributed by atoms with van der Waals surface area (Å²) in [4.78, 5) is 35.0. The number of ether oxygens (including phenoxy) is 1. The fourth-order valence-corrected chi connectivity index (χ4v) is 1.89. The first-order chi connectivity index (χ1) is 10.8. The van der Waals surface area contributed by atoms with Gasteiger partial charge in [-0.1, -0.05) is 6.92 Å². The molecule has 0 aliphatic carbocycles. The monoisotopic (exact) mass is 328 g/mol. The van der Waals surface area contributed by atoms with Crippen molar-refractivity contribution in [3.05, 3.63) is 35.4 Å².